The molecule has 6 heteroatoms. The maximum atomic E-state index is 11.1. The highest BCUT2D eigenvalue weighted by molar-refractivity contribution is 5.83. The first-order valence-electron chi connectivity index (χ1n) is 11.4. The van der Waals surface area contributed by atoms with Gasteiger partial charge in [0.25, 0.3) is 0 Å². The highest BCUT2D eigenvalue weighted by Crippen LogP contribution is 2.44. The summed E-state index contributed by atoms with van der Waals surface area (Å²) in [5, 5.41) is 13.0. The number of benzene rings is 3. The molecule has 170 valence electrons. The Hall–Kier alpha value is -4.06. The van der Waals surface area contributed by atoms with E-state index in [4.69, 9.17) is 19.1 Å². The number of hydrogen-bond acceptors (Lipinski definition) is 5. The Morgan fingerprint density at radius 3 is 2.68 bits per heavy atom. The molecule has 2 unspecified atom stereocenters. The number of ether oxygens (including phenoxy) is 2. The van der Waals surface area contributed by atoms with E-state index in [0.29, 0.717) is 6.61 Å². The standard InChI is InChI=1S/C28H23NO5/c30-28(31)14-17-16-32-27-15-18(8-9-19(17)27)33-25-11-10-22-20(6-3-7-23(22)25)21-4-1-2-5-24(21)26-12-13-29-34-26/h1-9,12-13,15,17,25H,10-11,14,16H2,(H,30,31). The zero-order chi connectivity index (χ0) is 23.1. The molecular weight excluding hydrogens is 430 g/mol. The Balaban J connectivity index is 1.29. The number of nitrogens with zero attached hydrogens (tertiary/aromatic N) is 1. The van der Waals surface area contributed by atoms with Crippen LogP contribution >= 0.6 is 0 Å². The first kappa shape index (κ1) is 20.5. The van der Waals surface area contributed by atoms with Crippen molar-refractivity contribution >= 4 is 5.97 Å². The molecule has 34 heavy (non-hydrogen) atoms. The lowest BCUT2D eigenvalue weighted by Gasteiger charge is -2.17. The van der Waals surface area contributed by atoms with Crippen LogP contribution in [0.4, 0.5) is 0 Å². The minimum Gasteiger partial charge on any atom is -0.492 e. The van der Waals surface area contributed by atoms with E-state index < -0.39 is 5.97 Å². The van der Waals surface area contributed by atoms with Crippen LogP contribution in [0.5, 0.6) is 11.5 Å². The summed E-state index contributed by atoms with van der Waals surface area (Å²) >= 11 is 0. The van der Waals surface area contributed by atoms with Gasteiger partial charge >= 0.3 is 5.97 Å². The van der Waals surface area contributed by atoms with E-state index in [0.717, 1.165) is 46.8 Å². The molecule has 0 amide bonds. The minimum absolute atomic E-state index is 0.0540. The lowest BCUT2D eigenvalue weighted by Crippen LogP contribution is -2.07. The van der Waals surface area contributed by atoms with E-state index in [-0.39, 0.29) is 18.4 Å². The fraction of sp³-hybridized carbons (Fsp3) is 0.214. The number of aliphatic carboxylic acids is 1. The number of carboxylic acids is 1. The van der Waals surface area contributed by atoms with Crippen LogP contribution in [0.1, 0.15) is 41.6 Å². The zero-order valence-electron chi connectivity index (χ0n) is 18.4. The zero-order valence-corrected chi connectivity index (χ0v) is 18.4. The topological polar surface area (TPSA) is 81.8 Å². The highest BCUT2D eigenvalue weighted by atomic mass is 16.5. The minimum atomic E-state index is -0.815. The van der Waals surface area contributed by atoms with Gasteiger partial charge in [-0.3, -0.25) is 4.79 Å². The predicted molar refractivity (Wildman–Crippen MR) is 126 cm³/mol. The molecule has 0 saturated heterocycles. The molecule has 1 aromatic heterocycles. The molecule has 6 rings (SSSR count). The second-order valence-electron chi connectivity index (χ2n) is 8.75. The van der Waals surface area contributed by atoms with Crippen LogP contribution in [0.3, 0.4) is 0 Å². The van der Waals surface area contributed by atoms with Crippen molar-refractivity contribution in [3.8, 4) is 33.9 Å². The summed E-state index contributed by atoms with van der Waals surface area (Å²) in [7, 11) is 0. The van der Waals surface area contributed by atoms with E-state index in [1.807, 2.05) is 36.4 Å². The van der Waals surface area contributed by atoms with Crippen molar-refractivity contribution in [2.75, 3.05) is 6.61 Å². The van der Waals surface area contributed by atoms with Gasteiger partial charge in [0, 0.05) is 29.2 Å². The summed E-state index contributed by atoms with van der Waals surface area (Å²) < 4.78 is 17.6. The molecule has 1 aliphatic carbocycles. The third-order valence-electron chi connectivity index (χ3n) is 6.70. The van der Waals surface area contributed by atoms with Crippen LogP contribution in [0, 0.1) is 0 Å². The van der Waals surface area contributed by atoms with Crippen LogP contribution in [0.25, 0.3) is 22.5 Å². The van der Waals surface area contributed by atoms with Crippen LogP contribution in [-0.2, 0) is 11.2 Å². The van der Waals surface area contributed by atoms with Gasteiger partial charge in [0.05, 0.1) is 19.2 Å². The monoisotopic (exact) mass is 453 g/mol. The Labute approximate surface area is 196 Å². The average molecular weight is 453 g/mol. The van der Waals surface area contributed by atoms with Gasteiger partial charge in [-0.25, -0.2) is 0 Å². The summed E-state index contributed by atoms with van der Waals surface area (Å²) in [6.07, 6.45) is 3.48. The van der Waals surface area contributed by atoms with Gasteiger partial charge in [0.2, 0.25) is 0 Å². The Morgan fingerprint density at radius 2 is 1.85 bits per heavy atom. The van der Waals surface area contributed by atoms with Gasteiger partial charge in [-0.05, 0) is 41.2 Å². The summed E-state index contributed by atoms with van der Waals surface area (Å²) in [5.74, 6) is 1.28. The second kappa shape index (κ2) is 8.37. The van der Waals surface area contributed by atoms with Crippen LogP contribution in [0.15, 0.2) is 77.4 Å². The Kier molecular flexibility index (Phi) is 5.06. The molecule has 2 atom stereocenters. The number of hydrogen-bond donors (Lipinski definition) is 1. The smallest absolute Gasteiger partial charge is 0.304 e. The van der Waals surface area contributed by atoms with E-state index in [1.54, 1.807) is 6.20 Å². The second-order valence-corrected chi connectivity index (χ2v) is 8.75. The Bertz CT molecular complexity index is 1360. The molecule has 0 fully saturated rings. The molecule has 3 aromatic carbocycles. The van der Waals surface area contributed by atoms with E-state index in [9.17, 15) is 4.79 Å². The van der Waals surface area contributed by atoms with Crippen molar-refractivity contribution in [1.82, 2.24) is 5.16 Å². The number of fused-ring (bicyclic) bond motifs is 2. The molecule has 2 aliphatic rings. The fourth-order valence-corrected chi connectivity index (χ4v) is 5.15. The average Bonchev–Trinajstić information content (AvgIpc) is 3.60. The number of carboxylic acid groups (broad SMARTS) is 1. The summed E-state index contributed by atoms with van der Waals surface area (Å²) in [6.45, 7) is 0.394. The third kappa shape index (κ3) is 3.61. The van der Waals surface area contributed by atoms with Crippen molar-refractivity contribution in [3.63, 3.8) is 0 Å². The molecule has 2 heterocycles. The molecule has 6 nitrogen and oxygen atoms in total. The van der Waals surface area contributed by atoms with Crippen molar-refractivity contribution in [3.05, 3.63) is 89.6 Å². The van der Waals surface area contributed by atoms with E-state index >= 15 is 0 Å². The van der Waals surface area contributed by atoms with Crippen molar-refractivity contribution in [2.45, 2.75) is 31.3 Å². The maximum Gasteiger partial charge on any atom is 0.304 e. The molecule has 0 bridgehead atoms. The maximum absolute atomic E-state index is 11.1. The molecule has 0 radical (unpaired) electrons. The summed E-state index contributed by atoms with van der Waals surface area (Å²) in [6, 6.07) is 22.2. The lowest BCUT2D eigenvalue weighted by molar-refractivity contribution is -0.137. The van der Waals surface area contributed by atoms with Crippen molar-refractivity contribution in [2.24, 2.45) is 0 Å². The lowest BCUT2D eigenvalue weighted by atomic mass is 9.92. The van der Waals surface area contributed by atoms with Gasteiger partial charge in [-0.1, -0.05) is 53.7 Å². The Morgan fingerprint density at radius 1 is 1.00 bits per heavy atom. The van der Waals surface area contributed by atoms with Crippen LogP contribution in [-0.4, -0.2) is 22.8 Å². The van der Waals surface area contributed by atoms with Crippen LogP contribution in [0.2, 0.25) is 0 Å². The number of carbonyl (C=O) groups is 1. The van der Waals surface area contributed by atoms with Gasteiger partial charge in [0.15, 0.2) is 5.76 Å². The first-order chi connectivity index (χ1) is 16.7. The molecule has 0 spiro atoms. The summed E-state index contributed by atoms with van der Waals surface area (Å²) in [5.41, 5.74) is 6.74. The molecule has 4 aromatic rings. The normalized spacial score (nSPS) is 18.2. The van der Waals surface area contributed by atoms with E-state index in [2.05, 4.69) is 35.5 Å². The van der Waals surface area contributed by atoms with Gasteiger partial charge < -0.3 is 19.1 Å². The van der Waals surface area contributed by atoms with Gasteiger partial charge in [-0.2, -0.15) is 0 Å². The molecule has 1 N–H and O–H groups in total. The van der Waals surface area contributed by atoms with Crippen molar-refractivity contribution in [1.29, 1.82) is 0 Å². The fourth-order valence-electron chi connectivity index (χ4n) is 5.15. The number of aromatic nitrogens is 1. The van der Waals surface area contributed by atoms with Gasteiger partial charge in [-0.15, -0.1) is 0 Å². The molecule has 1 aliphatic heterocycles. The third-order valence-corrected chi connectivity index (χ3v) is 6.70. The van der Waals surface area contributed by atoms with Crippen molar-refractivity contribution < 1.29 is 23.9 Å². The first-order valence-corrected chi connectivity index (χ1v) is 11.4. The largest absolute Gasteiger partial charge is 0.492 e. The van der Waals surface area contributed by atoms with Gasteiger partial charge in [0.1, 0.15) is 17.6 Å². The predicted octanol–water partition coefficient (Wildman–Crippen LogP) is 6.03. The highest BCUT2D eigenvalue weighted by Gasteiger charge is 2.30. The molecule has 0 saturated carbocycles. The van der Waals surface area contributed by atoms with Crippen LogP contribution < -0.4 is 9.47 Å². The number of rotatable bonds is 6. The van der Waals surface area contributed by atoms with E-state index in [1.165, 1.54) is 16.7 Å². The SMILES string of the molecule is O=C(O)CC1COc2cc(OC3CCc4c(-c5ccccc5-c5ccno5)cccc43)ccc21. The quantitative estimate of drug-likeness (QED) is 0.384. The molecular formula is C28H23NO5. The summed E-state index contributed by atoms with van der Waals surface area (Å²) in [4.78, 5) is 11.1.